The molecule has 2 heteroatoms. The Balaban J connectivity index is 2.25. The van der Waals surface area contributed by atoms with Crippen molar-refractivity contribution in [2.75, 3.05) is 0 Å². The van der Waals surface area contributed by atoms with Crippen LogP contribution in [-0.4, -0.2) is 13.4 Å². The van der Waals surface area contributed by atoms with Gasteiger partial charge in [0.05, 0.1) is 7.74 Å². The van der Waals surface area contributed by atoms with Crippen LogP contribution < -0.4 is 5.30 Å². The molecule has 0 nitrogen and oxygen atoms in total. The lowest BCUT2D eigenvalue weighted by atomic mass is 10.0. The monoisotopic (exact) mass is 264 g/mol. The summed E-state index contributed by atoms with van der Waals surface area (Å²) in [6.45, 7) is 7.71. The van der Waals surface area contributed by atoms with Crippen molar-refractivity contribution in [3.05, 3.63) is 30.3 Å². The maximum Gasteiger partial charge on any atom is 0.0776 e. The normalized spacial score (nSPS) is 20.2. The summed E-state index contributed by atoms with van der Waals surface area (Å²) in [6, 6.07) is 11.4. The van der Waals surface area contributed by atoms with E-state index in [0.29, 0.717) is 0 Å². The van der Waals surface area contributed by atoms with Gasteiger partial charge in [-0.05, 0) is 23.8 Å². The summed E-state index contributed by atoms with van der Waals surface area (Å²) in [5.41, 5.74) is 1.02. The third-order valence-corrected chi connectivity index (χ3v) is 13.4. The van der Waals surface area contributed by atoms with Gasteiger partial charge in [0, 0.05) is 0 Å². The number of hydrogen-bond acceptors (Lipinski definition) is 0. The van der Waals surface area contributed by atoms with E-state index in [4.69, 9.17) is 0 Å². The molecule has 0 bridgehead atoms. The van der Waals surface area contributed by atoms with Crippen LogP contribution in [0.4, 0.5) is 0 Å². The molecule has 0 radical (unpaired) electrons. The van der Waals surface area contributed by atoms with Gasteiger partial charge in [-0.15, -0.1) is 0 Å². The van der Waals surface area contributed by atoms with Crippen molar-refractivity contribution < 1.29 is 0 Å². The first kappa shape index (κ1) is 13.3. The van der Waals surface area contributed by atoms with Crippen molar-refractivity contribution in [3.8, 4) is 0 Å². The molecule has 0 aromatic heterocycles. The summed E-state index contributed by atoms with van der Waals surface area (Å²) in [5, 5.41) is 1.67. The third-order valence-electron chi connectivity index (χ3n) is 3.70. The Morgan fingerprint density at radius 3 is 2.06 bits per heavy atom. The molecule has 0 saturated heterocycles. The van der Waals surface area contributed by atoms with Crippen LogP contribution in [-0.2, 0) is 0 Å². The van der Waals surface area contributed by atoms with Crippen molar-refractivity contribution in [3.63, 3.8) is 0 Å². The van der Waals surface area contributed by atoms with Gasteiger partial charge in [0.25, 0.3) is 0 Å². The Kier molecular flexibility index (Phi) is 4.44. The molecular formula is C15H25PSi. The Labute approximate surface area is 108 Å². The molecule has 1 aromatic carbocycles. The van der Waals surface area contributed by atoms with Gasteiger partial charge in [-0.25, -0.2) is 0 Å². The first-order chi connectivity index (χ1) is 8.09. The summed E-state index contributed by atoms with van der Waals surface area (Å²) in [6.07, 6.45) is 7.40. The Morgan fingerprint density at radius 2 is 1.53 bits per heavy atom. The van der Waals surface area contributed by atoms with E-state index in [-0.39, 0.29) is 7.47 Å². The van der Waals surface area contributed by atoms with Crippen molar-refractivity contribution in [1.29, 1.82) is 0 Å². The second-order valence-corrected chi connectivity index (χ2v) is 18.0. The van der Waals surface area contributed by atoms with E-state index < -0.39 is 7.74 Å². The summed E-state index contributed by atoms with van der Waals surface area (Å²) in [4.78, 5) is 0. The average molecular weight is 264 g/mol. The highest BCUT2D eigenvalue weighted by Crippen LogP contribution is 2.54. The molecule has 0 N–H and O–H groups in total. The van der Waals surface area contributed by atoms with Gasteiger partial charge in [0.2, 0.25) is 0 Å². The minimum atomic E-state index is -1.05. The SMILES string of the molecule is C[Si](C)(C)P(c1ccccc1)C1CCCCC1. The largest absolute Gasteiger partial charge is 0.0851 e. The molecule has 1 fully saturated rings. The van der Waals surface area contributed by atoms with Crippen LogP contribution in [0, 0.1) is 0 Å². The van der Waals surface area contributed by atoms with Gasteiger partial charge < -0.3 is 0 Å². The van der Waals surface area contributed by atoms with E-state index in [1.807, 2.05) is 0 Å². The summed E-state index contributed by atoms with van der Waals surface area (Å²) >= 11 is 0. The molecule has 1 atom stereocenters. The quantitative estimate of drug-likeness (QED) is 0.534. The van der Waals surface area contributed by atoms with Crippen molar-refractivity contribution >= 4 is 20.5 Å². The first-order valence-corrected chi connectivity index (χ1v) is 12.7. The molecule has 17 heavy (non-hydrogen) atoms. The molecule has 1 aromatic rings. The first-order valence-electron chi connectivity index (χ1n) is 6.93. The minimum absolute atomic E-state index is 0.124. The second kappa shape index (κ2) is 5.67. The zero-order chi connectivity index (χ0) is 12.3. The maximum absolute atomic E-state index is 2.57. The Morgan fingerprint density at radius 1 is 0.941 bits per heavy atom. The van der Waals surface area contributed by atoms with E-state index in [0.717, 1.165) is 5.66 Å². The lowest BCUT2D eigenvalue weighted by molar-refractivity contribution is 0.513. The molecule has 1 aliphatic rings. The lowest BCUT2D eigenvalue weighted by Crippen LogP contribution is -2.31. The predicted molar refractivity (Wildman–Crippen MR) is 83.2 cm³/mol. The van der Waals surface area contributed by atoms with Crippen molar-refractivity contribution in [1.82, 2.24) is 0 Å². The molecule has 0 heterocycles. The Hall–Kier alpha value is -0.133. The molecule has 1 unspecified atom stereocenters. The zero-order valence-corrected chi connectivity index (χ0v) is 13.3. The summed E-state index contributed by atoms with van der Waals surface area (Å²) in [5.74, 6) is 0. The molecule has 0 spiro atoms. The van der Waals surface area contributed by atoms with Gasteiger partial charge in [0.15, 0.2) is 0 Å². The Bertz CT molecular complexity index is 336. The average Bonchev–Trinajstić information content (AvgIpc) is 2.30. The van der Waals surface area contributed by atoms with Crippen molar-refractivity contribution in [2.45, 2.75) is 57.4 Å². The molecule has 2 rings (SSSR count). The lowest BCUT2D eigenvalue weighted by Gasteiger charge is -2.39. The fraction of sp³-hybridized carbons (Fsp3) is 0.600. The van der Waals surface area contributed by atoms with Crippen LogP contribution in [0.3, 0.4) is 0 Å². The highest BCUT2D eigenvalue weighted by atomic mass is 31.4. The number of benzene rings is 1. The van der Waals surface area contributed by atoms with Gasteiger partial charge in [-0.3, -0.25) is 0 Å². The van der Waals surface area contributed by atoms with Crippen LogP contribution in [0.5, 0.6) is 0 Å². The molecule has 0 aliphatic heterocycles. The van der Waals surface area contributed by atoms with Crippen LogP contribution in [0.2, 0.25) is 19.6 Å². The smallest absolute Gasteiger partial charge is 0.0776 e. The molecule has 1 saturated carbocycles. The topological polar surface area (TPSA) is 0 Å². The van der Waals surface area contributed by atoms with Gasteiger partial charge >= 0.3 is 0 Å². The molecule has 94 valence electrons. The fourth-order valence-electron chi connectivity index (χ4n) is 3.07. The highest BCUT2D eigenvalue weighted by molar-refractivity contribution is 8.00. The van der Waals surface area contributed by atoms with E-state index in [1.54, 1.807) is 5.30 Å². The van der Waals surface area contributed by atoms with Gasteiger partial charge in [-0.2, -0.15) is 0 Å². The van der Waals surface area contributed by atoms with Gasteiger partial charge in [-0.1, -0.05) is 76.7 Å². The van der Waals surface area contributed by atoms with E-state index in [2.05, 4.69) is 50.0 Å². The molecule has 0 amide bonds. The maximum atomic E-state index is 2.57. The van der Waals surface area contributed by atoms with E-state index in [1.165, 1.54) is 32.1 Å². The number of hydrogen-bond donors (Lipinski definition) is 0. The van der Waals surface area contributed by atoms with Gasteiger partial charge in [0.1, 0.15) is 0 Å². The third kappa shape index (κ3) is 3.42. The predicted octanol–water partition coefficient (Wildman–Crippen LogP) is 4.96. The van der Waals surface area contributed by atoms with E-state index in [9.17, 15) is 0 Å². The van der Waals surface area contributed by atoms with E-state index >= 15 is 0 Å². The van der Waals surface area contributed by atoms with Crippen LogP contribution in [0.25, 0.3) is 0 Å². The van der Waals surface area contributed by atoms with Crippen LogP contribution in [0.15, 0.2) is 30.3 Å². The summed E-state index contributed by atoms with van der Waals surface area (Å²) in [7, 11) is -0.926. The van der Waals surface area contributed by atoms with Crippen LogP contribution >= 0.6 is 7.47 Å². The zero-order valence-electron chi connectivity index (χ0n) is 11.4. The number of rotatable bonds is 3. The van der Waals surface area contributed by atoms with Crippen molar-refractivity contribution in [2.24, 2.45) is 0 Å². The molecular weight excluding hydrogens is 239 g/mol. The van der Waals surface area contributed by atoms with Crippen LogP contribution in [0.1, 0.15) is 32.1 Å². The molecule has 1 aliphatic carbocycles. The summed E-state index contributed by atoms with van der Waals surface area (Å²) < 4.78 is 0. The minimum Gasteiger partial charge on any atom is -0.0851 e. The standard InChI is InChI=1S/C15H25PSi/c1-17(2,3)16(14-10-6-4-7-11-14)15-12-8-5-9-13-15/h4,6-7,10-11,15H,5,8-9,12-13H2,1-3H3. The fourth-order valence-corrected chi connectivity index (χ4v) is 13.6. The highest BCUT2D eigenvalue weighted by Gasteiger charge is 2.34. The second-order valence-electron chi connectivity index (χ2n) is 6.17.